The van der Waals surface area contributed by atoms with Crippen molar-refractivity contribution in [3.63, 3.8) is 0 Å². The molecule has 0 fully saturated rings. The number of hydrogen-bond donors (Lipinski definition) is 0. The van der Waals surface area contributed by atoms with Crippen molar-refractivity contribution in [1.82, 2.24) is 0 Å². The highest BCUT2D eigenvalue weighted by atomic mass is 79.9. The second kappa shape index (κ2) is 6.34. The molecule has 8 heteroatoms. The van der Waals surface area contributed by atoms with Crippen LogP contribution in [0.5, 0.6) is 5.75 Å². The van der Waals surface area contributed by atoms with E-state index in [9.17, 15) is 14.9 Å². The molecule has 0 radical (unpaired) electrons. The standard InChI is InChI=1S/C12H7BrClNO4S/c13-8-4-7(14)5-9(15(17)18)12(8)19-6-10(16)11-2-1-3-20-11/h1-5H,6H2. The summed E-state index contributed by atoms with van der Waals surface area (Å²) in [5.41, 5.74) is -0.289. The van der Waals surface area contributed by atoms with Crippen LogP contribution in [0.2, 0.25) is 5.02 Å². The Balaban J connectivity index is 2.21. The number of nitro groups is 1. The van der Waals surface area contributed by atoms with Crippen molar-refractivity contribution in [2.45, 2.75) is 0 Å². The Morgan fingerprint density at radius 3 is 2.85 bits per heavy atom. The average Bonchev–Trinajstić information content (AvgIpc) is 2.90. The molecule has 0 saturated carbocycles. The molecule has 104 valence electrons. The van der Waals surface area contributed by atoms with Gasteiger partial charge in [-0.2, -0.15) is 0 Å². The second-order valence-corrected chi connectivity index (χ2v) is 5.92. The number of rotatable bonds is 5. The van der Waals surface area contributed by atoms with Crippen LogP contribution in [-0.4, -0.2) is 17.3 Å². The number of thiophene rings is 1. The molecule has 0 unspecified atom stereocenters. The first-order valence-electron chi connectivity index (χ1n) is 5.32. The number of nitrogens with zero attached hydrogens (tertiary/aromatic N) is 1. The van der Waals surface area contributed by atoms with Crippen LogP contribution in [0, 0.1) is 10.1 Å². The van der Waals surface area contributed by atoms with Gasteiger partial charge in [0.2, 0.25) is 11.5 Å². The summed E-state index contributed by atoms with van der Waals surface area (Å²) in [4.78, 5) is 22.7. The normalized spacial score (nSPS) is 10.3. The van der Waals surface area contributed by atoms with Crippen LogP contribution in [0.25, 0.3) is 0 Å². The fraction of sp³-hybridized carbons (Fsp3) is 0.0833. The molecule has 2 aromatic rings. The predicted molar refractivity (Wildman–Crippen MR) is 80.0 cm³/mol. The van der Waals surface area contributed by atoms with Crippen LogP contribution in [0.4, 0.5) is 5.69 Å². The highest BCUT2D eigenvalue weighted by Crippen LogP contribution is 2.37. The van der Waals surface area contributed by atoms with E-state index >= 15 is 0 Å². The van der Waals surface area contributed by atoms with Gasteiger partial charge in [-0.3, -0.25) is 14.9 Å². The van der Waals surface area contributed by atoms with Crippen molar-refractivity contribution in [2.75, 3.05) is 6.61 Å². The molecule has 20 heavy (non-hydrogen) atoms. The summed E-state index contributed by atoms with van der Waals surface area (Å²) in [6.07, 6.45) is 0. The molecule has 1 aromatic carbocycles. The number of carbonyl (C=O) groups is 1. The highest BCUT2D eigenvalue weighted by molar-refractivity contribution is 9.10. The number of halogens is 2. The van der Waals surface area contributed by atoms with Crippen molar-refractivity contribution in [2.24, 2.45) is 0 Å². The van der Waals surface area contributed by atoms with Gasteiger partial charge in [0.05, 0.1) is 14.3 Å². The van der Waals surface area contributed by atoms with Crippen LogP contribution in [0.1, 0.15) is 9.67 Å². The van der Waals surface area contributed by atoms with Gasteiger partial charge in [0.25, 0.3) is 0 Å². The number of ether oxygens (including phenoxy) is 1. The number of ketones is 1. The molecule has 0 aliphatic heterocycles. The van der Waals surface area contributed by atoms with E-state index in [0.717, 1.165) is 0 Å². The third kappa shape index (κ3) is 3.36. The maximum Gasteiger partial charge on any atom is 0.313 e. The zero-order chi connectivity index (χ0) is 14.7. The number of carbonyl (C=O) groups excluding carboxylic acids is 1. The topological polar surface area (TPSA) is 69.4 Å². The van der Waals surface area contributed by atoms with Gasteiger partial charge in [0.1, 0.15) is 0 Å². The van der Waals surface area contributed by atoms with Crippen LogP contribution in [0.15, 0.2) is 34.1 Å². The minimum atomic E-state index is -0.610. The van der Waals surface area contributed by atoms with Crippen LogP contribution >= 0.6 is 38.9 Å². The Labute approximate surface area is 131 Å². The van der Waals surface area contributed by atoms with E-state index in [1.54, 1.807) is 17.5 Å². The molecule has 0 bridgehead atoms. The van der Waals surface area contributed by atoms with Crippen molar-refractivity contribution < 1.29 is 14.5 Å². The maximum absolute atomic E-state index is 11.8. The summed E-state index contributed by atoms with van der Waals surface area (Å²) in [5, 5.41) is 12.9. The predicted octanol–water partition coefficient (Wildman–Crippen LogP) is 4.33. The molecule has 0 aliphatic carbocycles. The minimum Gasteiger partial charge on any atom is -0.478 e. The molecule has 0 aliphatic rings. The Hall–Kier alpha value is -1.44. The van der Waals surface area contributed by atoms with Gasteiger partial charge in [-0.15, -0.1) is 11.3 Å². The molecule has 1 aromatic heterocycles. The van der Waals surface area contributed by atoms with Crippen molar-refractivity contribution in [3.05, 3.63) is 54.1 Å². The number of Topliss-reactive ketones (excluding diaryl/α,β-unsaturated/α-hetero) is 1. The summed E-state index contributed by atoms with van der Waals surface area (Å²) in [7, 11) is 0. The lowest BCUT2D eigenvalue weighted by molar-refractivity contribution is -0.385. The summed E-state index contributed by atoms with van der Waals surface area (Å²) in [6.45, 7) is -0.276. The lowest BCUT2D eigenvalue weighted by Gasteiger charge is -2.08. The lowest BCUT2D eigenvalue weighted by Crippen LogP contribution is -2.11. The van der Waals surface area contributed by atoms with Gasteiger partial charge in [-0.1, -0.05) is 17.7 Å². The van der Waals surface area contributed by atoms with Gasteiger partial charge in [-0.25, -0.2) is 0 Å². The molecule has 0 atom stereocenters. The molecule has 0 amide bonds. The SMILES string of the molecule is O=C(COc1c(Br)cc(Cl)cc1[N+](=O)[O-])c1cccs1. The molecule has 1 heterocycles. The van der Waals surface area contributed by atoms with E-state index < -0.39 is 4.92 Å². The van der Waals surface area contributed by atoms with Gasteiger partial charge in [-0.05, 0) is 33.4 Å². The fourth-order valence-electron chi connectivity index (χ4n) is 1.47. The largest absolute Gasteiger partial charge is 0.478 e. The molecule has 0 spiro atoms. The van der Waals surface area contributed by atoms with Crippen LogP contribution in [-0.2, 0) is 0 Å². The third-order valence-corrected chi connectivity index (χ3v) is 4.05. The number of nitro benzene ring substituents is 1. The van der Waals surface area contributed by atoms with E-state index in [0.29, 0.717) is 9.35 Å². The average molecular weight is 377 g/mol. The first kappa shape index (κ1) is 15.0. The minimum absolute atomic E-state index is 0.00990. The van der Waals surface area contributed by atoms with Gasteiger partial charge >= 0.3 is 5.69 Å². The van der Waals surface area contributed by atoms with Gasteiger partial charge < -0.3 is 4.74 Å². The number of hydrogen-bond acceptors (Lipinski definition) is 5. The monoisotopic (exact) mass is 375 g/mol. The Morgan fingerprint density at radius 2 is 2.25 bits per heavy atom. The Morgan fingerprint density at radius 1 is 1.50 bits per heavy atom. The zero-order valence-corrected chi connectivity index (χ0v) is 13.0. The van der Waals surface area contributed by atoms with E-state index in [4.69, 9.17) is 16.3 Å². The van der Waals surface area contributed by atoms with E-state index in [2.05, 4.69) is 15.9 Å². The molecule has 0 N–H and O–H groups in total. The van der Waals surface area contributed by atoms with Crippen molar-refractivity contribution in [1.29, 1.82) is 0 Å². The summed E-state index contributed by atoms with van der Waals surface area (Å²) in [6, 6.07) is 6.07. The van der Waals surface area contributed by atoms with Crippen molar-refractivity contribution in [3.8, 4) is 5.75 Å². The molecular formula is C12H7BrClNO4S. The van der Waals surface area contributed by atoms with E-state index in [1.165, 1.54) is 23.5 Å². The summed E-state index contributed by atoms with van der Waals surface area (Å²) < 4.78 is 5.61. The quantitative estimate of drug-likeness (QED) is 0.442. The van der Waals surface area contributed by atoms with Gasteiger partial charge in [0, 0.05) is 11.1 Å². The zero-order valence-electron chi connectivity index (χ0n) is 9.84. The Bertz CT molecular complexity index is 660. The fourth-order valence-corrected chi connectivity index (χ4v) is 3.03. The second-order valence-electron chi connectivity index (χ2n) is 3.68. The third-order valence-electron chi connectivity index (χ3n) is 2.33. The first-order valence-corrected chi connectivity index (χ1v) is 7.37. The first-order chi connectivity index (χ1) is 9.49. The Kier molecular flexibility index (Phi) is 4.74. The molecule has 2 rings (SSSR count). The maximum atomic E-state index is 11.8. The van der Waals surface area contributed by atoms with Crippen LogP contribution in [0.3, 0.4) is 0 Å². The van der Waals surface area contributed by atoms with E-state index in [1.807, 2.05) is 0 Å². The highest BCUT2D eigenvalue weighted by Gasteiger charge is 2.21. The van der Waals surface area contributed by atoms with E-state index in [-0.39, 0.29) is 28.8 Å². The van der Waals surface area contributed by atoms with Gasteiger partial charge in [0.15, 0.2) is 6.61 Å². The van der Waals surface area contributed by atoms with Crippen LogP contribution < -0.4 is 4.74 Å². The lowest BCUT2D eigenvalue weighted by atomic mass is 10.3. The summed E-state index contributed by atoms with van der Waals surface area (Å²) in [5.74, 6) is -0.250. The smallest absolute Gasteiger partial charge is 0.313 e. The van der Waals surface area contributed by atoms with Crippen molar-refractivity contribution >= 4 is 50.3 Å². The molecule has 0 saturated heterocycles. The number of benzene rings is 1. The summed E-state index contributed by atoms with van der Waals surface area (Å²) >= 11 is 10.2. The molecule has 5 nitrogen and oxygen atoms in total. The molecular weight excluding hydrogens is 370 g/mol.